The molecule has 5 heteroatoms. The Balaban J connectivity index is 1.63. The van der Waals surface area contributed by atoms with Gasteiger partial charge in [0.05, 0.1) is 26.3 Å². The summed E-state index contributed by atoms with van der Waals surface area (Å²) in [6.45, 7) is 2.03. The van der Waals surface area contributed by atoms with Gasteiger partial charge in [-0.15, -0.1) is 0 Å². The van der Waals surface area contributed by atoms with Crippen LogP contribution in [0.25, 0.3) is 0 Å². The van der Waals surface area contributed by atoms with Crippen LogP contribution in [0.3, 0.4) is 0 Å². The first kappa shape index (κ1) is 19.3. The van der Waals surface area contributed by atoms with Crippen LogP contribution in [0.1, 0.15) is 11.1 Å². The first-order valence-electron chi connectivity index (χ1n) is 9.02. The van der Waals surface area contributed by atoms with Gasteiger partial charge in [-0.05, 0) is 48.9 Å². The average molecular weight is 376 g/mol. The molecule has 1 amide bonds. The van der Waals surface area contributed by atoms with Gasteiger partial charge < -0.3 is 20.1 Å². The van der Waals surface area contributed by atoms with Crippen molar-refractivity contribution >= 4 is 23.0 Å². The second-order valence-electron chi connectivity index (χ2n) is 6.48. The number of anilines is 3. The highest BCUT2D eigenvalue weighted by atomic mass is 16.5. The predicted molar refractivity (Wildman–Crippen MR) is 113 cm³/mol. The largest absolute Gasteiger partial charge is 0.497 e. The zero-order valence-electron chi connectivity index (χ0n) is 16.3. The van der Waals surface area contributed by atoms with Crippen molar-refractivity contribution < 1.29 is 14.3 Å². The Hall–Kier alpha value is -3.47. The topological polar surface area (TPSA) is 59.6 Å². The van der Waals surface area contributed by atoms with E-state index in [1.807, 2.05) is 73.7 Å². The van der Waals surface area contributed by atoms with Crippen molar-refractivity contribution in [3.63, 3.8) is 0 Å². The first-order chi connectivity index (χ1) is 13.6. The lowest BCUT2D eigenvalue weighted by Gasteiger charge is -2.13. The van der Waals surface area contributed by atoms with Crippen LogP contribution in [0.4, 0.5) is 17.1 Å². The van der Waals surface area contributed by atoms with E-state index in [1.54, 1.807) is 14.2 Å². The molecule has 0 radical (unpaired) electrons. The minimum Gasteiger partial charge on any atom is -0.497 e. The van der Waals surface area contributed by atoms with Gasteiger partial charge in [0.2, 0.25) is 5.91 Å². The van der Waals surface area contributed by atoms with Crippen LogP contribution >= 0.6 is 0 Å². The van der Waals surface area contributed by atoms with Crippen LogP contribution in [0, 0.1) is 6.92 Å². The van der Waals surface area contributed by atoms with Crippen molar-refractivity contribution in [2.75, 3.05) is 24.9 Å². The van der Waals surface area contributed by atoms with E-state index in [9.17, 15) is 4.79 Å². The highest BCUT2D eigenvalue weighted by Crippen LogP contribution is 2.31. The van der Waals surface area contributed by atoms with Gasteiger partial charge in [0.1, 0.15) is 11.5 Å². The highest BCUT2D eigenvalue weighted by Gasteiger charge is 2.07. The minimum atomic E-state index is -0.0426. The SMILES string of the molecule is COc1ccc(OC)c(Nc2ccc(NC(=O)Cc3ccc(C)cc3)cc2)c1. The van der Waals surface area contributed by atoms with Crippen LogP contribution in [-0.2, 0) is 11.2 Å². The van der Waals surface area contributed by atoms with Crippen LogP contribution < -0.4 is 20.1 Å². The van der Waals surface area contributed by atoms with Crippen molar-refractivity contribution in [2.24, 2.45) is 0 Å². The van der Waals surface area contributed by atoms with Crippen LogP contribution in [-0.4, -0.2) is 20.1 Å². The van der Waals surface area contributed by atoms with E-state index < -0.39 is 0 Å². The van der Waals surface area contributed by atoms with Gasteiger partial charge in [0.15, 0.2) is 0 Å². The van der Waals surface area contributed by atoms with Crippen molar-refractivity contribution in [3.05, 3.63) is 77.9 Å². The van der Waals surface area contributed by atoms with Crippen molar-refractivity contribution in [1.29, 1.82) is 0 Å². The summed E-state index contributed by atoms with van der Waals surface area (Å²) in [7, 11) is 3.25. The number of amides is 1. The Labute approximate surface area is 165 Å². The summed E-state index contributed by atoms with van der Waals surface area (Å²) in [4.78, 5) is 12.2. The third-order valence-electron chi connectivity index (χ3n) is 4.34. The van der Waals surface area contributed by atoms with Gasteiger partial charge in [0.25, 0.3) is 0 Å². The summed E-state index contributed by atoms with van der Waals surface area (Å²) in [6.07, 6.45) is 0.349. The standard InChI is InChI=1S/C23H24N2O3/c1-16-4-6-17(7-5-16)14-23(26)25-19-10-8-18(9-11-19)24-21-15-20(27-2)12-13-22(21)28-3/h4-13,15,24H,14H2,1-3H3,(H,25,26). The zero-order valence-corrected chi connectivity index (χ0v) is 16.3. The highest BCUT2D eigenvalue weighted by molar-refractivity contribution is 5.92. The van der Waals surface area contributed by atoms with E-state index in [0.29, 0.717) is 6.42 Å². The number of benzene rings is 3. The Morgan fingerprint density at radius 1 is 0.857 bits per heavy atom. The van der Waals surface area contributed by atoms with Crippen molar-refractivity contribution in [1.82, 2.24) is 0 Å². The number of carbonyl (C=O) groups is 1. The van der Waals surface area contributed by atoms with Crippen LogP contribution in [0.5, 0.6) is 11.5 Å². The lowest BCUT2D eigenvalue weighted by atomic mass is 10.1. The van der Waals surface area contributed by atoms with E-state index in [0.717, 1.165) is 34.1 Å². The number of nitrogens with one attached hydrogen (secondary N) is 2. The maximum Gasteiger partial charge on any atom is 0.228 e. The normalized spacial score (nSPS) is 10.2. The molecule has 3 aromatic carbocycles. The molecule has 28 heavy (non-hydrogen) atoms. The molecule has 0 saturated carbocycles. The molecule has 0 atom stereocenters. The molecule has 0 saturated heterocycles. The molecule has 0 unspecified atom stereocenters. The number of carbonyl (C=O) groups excluding carboxylic acids is 1. The predicted octanol–water partition coefficient (Wildman–Crippen LogP) is 4.94. The smallest absolute Gasteiger partial charge is 0.228 e. The fraction of sp³-hybridized carbons (Fsp3) is 0.174. The fourth-order valence-electron chi connectivity index (χ4n) is 2.80. The molecule has 3 rings (SSSR count). The maximum absolute atomic E-state index is 12.2. The summed E-state index contributed by atoms with van der Waals surface area (Å²) < 4.78 is 10.6. The van der Waals surface area contributed by atoms with Gasteiger partial charge in [0, 0.05) is 17.4 Å². The maximum atomic E-state index is 12.2. The summed E-state index contributed by atoms with van der Waals surface area (Å²) >= 11 is 0. The van der Waals surface area contributed by atoms with E-state index in [2.05, 4.69) is 10.6 Å². The summed E-state index contributed by atoms with van der Waals surface area (Å²) in [5.74, 6) is 1.42. The molecule has 0 aliphatic heterocycles. The van der Waals surface area contributed by atoms with Crippen molar-refractivity contribution in [2.45, 2.75) is 13.3 Å². The molecule has 0 spiro atoms. The van der Waals surface area contributed by atoms with E-state index >= 15 is 0 Å². The van der Waals surface area contributed by atoms with E-state index in [1.165, 1.54) is 5.56 Å². The molecule has 0 aliphatic carbocycles. The fourth-order valence-corrected chi connectivity index (χ4v) is 2.80. The molecule has 0 bridgehead atoms. The summed E-state index contributed by atoms with van der Waals surface area (Å²) in [6, 6.07) is 21.1. The van der Waals surface area contributed by atoms with Gasteiger partial charge >= 0.3 is 0 Å². The number of ether oxygens (including phenoxy) is 2. The minimum absolute atomic E-state index is 0.0426. The molecule has 0 aromatic heterocycles. The average Bonchev–Trinajstić information content (AvgIpc) is 2.71. The molecule has 3 aromatic rings. The molecule has 0 heterocycles. The number of methoxy groups -OCH3 is 2. The zero-order chi connectivity index (χ0) is 19.9. The third-order valence-corrected chi connectivity index (χ3v) is 4.34. The summed E-state index contributed by atoms with van der Waals surface area (Å²) in [5, 5.41) is 6.23. The number of hydrogen-bond donors (Lipinski definition) is 2. The lowest BCUT2D eigenvalue weighted by molar-refractivity contribution is -0.115. The summed E-state index contributed by atoms with van der Waals surface area (Å²) in [5.41, 5.74) is 4.60. The monoisotopic (exact) mass is 376 g/mol. The molecule has 0 fully saturated rings. The van der Waals surface area contributed by atoms with Crippen molar-refractivity contribution in [3.8, 4) is 11.5 Å². The van der Waals surface area contributed by atoms with Gasteiger partial charge in [-0.1, -0.05) is 29.8 Å². The molecule has 2 N–H and O–H groups in total. The second-order valence-corrected chi connectivity index (χ2v) is 6.48. The number of aryl methyl sites for hydroxylation is 1. The molecule has 0 aliphatic rings. The Kier molecular flexibility index (Phi) is 6.17. The van der Waals surface area contributed by atoms with Gasteiger partial charge in [-0.2, -0.15) is 0 Å². The van der Waals surface area contributed by atoms with Crippen LogP contribution in [0.15, 0.2) is 66.7 Å². The Morgan fingerprint density at radius 3 is 2.18 bits per heavy atom. The van der Waals surface area contributed by atoms with Gasteiger partial charge in [-0.3, -0.25) is 4.79 Å². The Bertz CT molecular complexity index is 935. The van der Waals surface area contributed by atoms with E-state index in [4.69, 9.17) is 9.47 Å². The van der Waals surface area contributed by atoms with E-state index in [-0.39, 0.29) is 5.91 Å². The lowest BCUT2D eigenvalue weighted by Crippen LogP contribution is -2.14. The number of rotatable bonds is 7. The molecular weight excluding hydrogens is 352 g/mol. The van der Waals surface area contributed by atoms with Crippen LogP contribution in [0.2, 0.25) is 0 Å². The number of hydrogen-bond acceptors (Lipinski definition) is 4. The molecule has 5 nitrogen and oxygen atoms in total. The second kappa shape index (κ2) is 8.95. The molecule has 144 valence electrons. The Morgan fingerprint density at radius 2 is 1.54 bits per heavy atom. The third kappa shape index (κ3) is 5.04. The molecular formula is C23H24N2O3. The first-order valence-corrected chi connectivity index (χ1v) is 9.02. The quantitative estimate of drug-likeness (QED) is 0.613. The van der Waals surface area contributed by atoms with Gasteiger partial charge in [-0.25, -0.2) is 0 Å².